The van der Waals surface area contributed by atoms with Gasteiger partial charge < -0.3 is 0 Å². The van der Waals surface area contributed by atoms with Crippen LogP contribution < -0.4 is 0 Å². The summed E-state index contributed by atoms with van der Waals surface area (Å²) in [6.45, 7) is 1.70. The van der Waals surface area contributed by atoms with Crippen LogP contribution in [-0.2, 0) is 10.0 Å². The molecule has 0 aliphatic heterocycles. The monoisotopic (exact) mass is 176 g/mol. The van der Waals surface area contributed by atoms with E-state index >= 15 is 0 Å². The van der Waals surface area contributed by atoms with Gasteiger partial charge in [0.15, 0.2) is 0 Å². The molecule has 0 bridgehead atoms. The third-order valence-electron chi connectivity index (χ3n) is 1.53. The van der Waals surface area contributed by atoms with Crippen molar-refractivity contribution in [3.05, 3.63) is 0 Å². The molecule has 0 saturated carbocycles. The normalized spacial score (nSPS) is 14.5. The van der Waals surface area contributed by atoms with Gasteiger partial charge in [-0.2, -0.15) is 5.26 Å². The first kappa shape index (κ1) is 10.4. The van der Waals surface area contributed by atoms with Crippen molar-refractivity contribution < 1.29 is 8.42 Å². The average Bonchev–Trinajstić information content (AvgIpc) is 1.85. The van der Waals surface area contributed by atoms with Gasteiger partial charge in [0.2, 0.25) is 10.0 Å². The van der Waals surface area contributed by atoms with E-state index in [2.05, 4.69) is 0 Å². The van der Waals surface area contributed by atoms with E-state index in [4.69, 9.17) is 5.26 Å². The topological polar surface area (TPSA) is 61.2 Å². The summed E-state index contributed by atoms with van der Waals surface area (Å²) < 4.78 is 22.9. The van der Waals surface area contributed by atoms with Crippen LogP contribution in [0.1, 0.15) is 13.3 Å². The van der Waals surface area contributed by atoms with Crippen LogP contribution in [-0.4, -0.2) is 32.1 Å². The van der Waals surface area contributed by atoms with Crippen molar-refractivity contribution in [2.75, 3.05) is 13.3 Å². The van der Waals surface area contributed by atoms with Gasteiger partial charge >= 0.3 is 0 Å². The first-order valence-electron chi connectivity index (χ1n) is 3.19. The van der Waals surface area contributed by atoms with E-state index in [0.29, 0.717) is 0 Å². The van der Waals surface area contributed by atoms with Crippen LogP contribution in [0, 0.1) is 11.3 Å². The van der Waals surface area contributed by atoms with Crippen molar-refractivity contribution in [2.24, 2.45) is 0 Å². The number of sulfonamides is 1. The minimum absolute atomic E-state index is 0.226. The fourth-order valence-corrected chi connectivity index (χ4v) is 1.32. The zero-order chi connectivity index (χ0) is 9.07. The van der Waals surface area contributed by atoms with Crippen LogP contribution >= 0.6 is 0 Å². The standard InChI is InChI=1S/C6H12N2O2S/c1-6(4-5-7)8(2)11(3,9)10/h6H,4H2,1-3H3. The number of nitrogens with zero attached hydrogens (tertiary/aromatic N) is 2. The molecule has 0 radical (unpaired) electrons. The number of rotatable bonds is 3. The van der Waals surface area contributed by atoms with Gasteiger partial charge in [0, 0.05) is 13.1 Å². The van der Waals surface area contributed by atoms with Crippen molar-refractivity contribution in [3.63, 3.8) is 0 Å². The predicted octanol–water partition coefficient (Wildman–Crippen LogP) is 0.180. The molecular weight excluding hydrogens is 164 g/mol. The van der Waals surface area contributed by atoms with Crippen LogP contribution in [0.3, 0.4) is 0 Å². The van der Waals surface area contributed by atoms with Crippen molar-refractivity contribution in [2.45, 2.75) is 19.4 Å². The van der Waals surface area contributed by atoms with Crippen LogP contribution in [0.5, 0.6) is 0 Å². The molecule has 11 heavy (non-hydrogen) atoms. The summed E-state index contributed by atoms with van der Waals surface area (Å²) in [5.74, 6) is 0. The fourth-order valence-electron chi connectivity index (χ4n) is 0.588. The second-order valence-corrected chi connectivity index (χ2v) is 4.53. The van der Waals surface area contributed by atoms with Crippen molar-refractivity contribution in [1.82, 2.24) is 4.31 Å². The van der Waals surface area contributed by atoms with Crippen LogP contribution in [0.15, 0.2) is 0 Å². The van der Waals surface area contributed by atoms with Gasteiger partial charge in [0.05, 0.1) is 18.7 Å². The average molecular weight is 176 g/mol. The van der Waals surface area contributed by atoms with Crippen molar-refractivity contribution in [3.8, 4) is 6.07 Å². The Bertz CT molecular complexity index is 252. The summed E-state index contributed by atoms with van der Waals surface area (Å²) >= 11 is 0. The molecule has 0 fully saturated rings. The van der Waals surface area contributed by atoms with E-state index in [1.54, 1.807) is 6.92 Å². The molecule has 0 heterocycles. The Kier molecular flexibility index (Phi) is 3.49. The number of hydrogen-bond acceptors (Lipinski definition) is 3. The molecule has 0 N–H and O–H groups in total. The van der Waals surface area contributed by atoms with E-state index in [0.717, 1.165) is 6.26 Å². The van der Waals surface area contributed by atoms with Crippen molar-refractivity contribution >= 4 is 10.0 Å². The SMILES string of the molecule is CC(CC#N)N(C)S(C)(=O)=O. The lowest BCUT2D eigenvalue weighted by molar-refractivity contribution is 0.396. The maximum atomic E-state index is 10.9. The lowest BCUT2D eigenvalue weighted by Crippen LogP contribution is -2.33. The molecule has 0 aromatic rings. The minimum Gasteiger partial charge on any atom is -0.213 e. The molecular formula is C6H12N2O2S. The maximum Gasteiger partial charge on any atom is 0.211 e. The Labute approximate surface area is 67.5 Å². The van der Waals surface area contributed by atoms with Gasteiger partial charge in [-0.3, -0.25) is 0 Å². The molecule has 0 rings (SSSR count). The summed E-state index contributed by atoms with van der Waals surface area (Å²) in [5, 5.41) is 8.28. The number of hydrogen-bond donors (Lipinski definition) is 0. The van der Waals surface area contributed by atoms with Gasteiger partial charge in [-0.1, -0.05) is 0 Å². The predicted molar refractivity (Wildman–Crippen MR) is 42.3 cm³/mol. The Morgan fingerprint density at radius 1 is 1.64 bits per heavy atom. The van der Waals surface area contributed by atoms with Crippen LogP contribution in [0.2, 0.25) is 0 Å². The highest BCUT2D eigenvalue weighted by atomic mass is 32.2. The molecule has 1 unspecified atom stereocenters. The summed E-state index contributed by atoms with van der Waals surface area (Å²) in [6, 6.07) is 1.67. The van der Waals surface area contributed by atoms with E-state index in [-0.39, 0.29) is 12.5 Å². The van der Waals surface area contributed by atoms with E-state index in [1.165, 1.54) is 11.4 Å². The molecule has 4 nitrogen and oxygen atoms in total. The molecule has 0 aromatic heterocycles. The van der Waals surface area contributed by atoms with E-state index in [9.17, 15) is 8.42 Å². The number of nitriles is 1. The quantitative estimate of drug-likeness (QED) is 0.616. The molecule has 0 aliphatic carbocycles. The highest BCUT2D eigenvalue weighted by Gasteiger charge is 2.17. The van der Waals surface area contributed by atoms with Gasteiger partial charge in [-0.25, -0.2) is 12.7 Å². The summed E-state index contributed by atoms with van der Waals surface area (Å²) in [4.78, 5) is 0. The van der Waals surface area contributed by atoms with E-state index in [1.807, 2.05) is 6.07 Å². The first-order chi connectivity index (χ1) is 4.89. The Morgan fingerprint density at radius 3 is 2.36 bits per heavy atom. The molecule has 0 amide bonds. The second kappa shape index (κ2) is 3.69. The van der Waals surface area contributed by atoms with Gasteiger partial charge in [-0.05, 0) is 6.92 Å². The summed E-state index contributed by atoms with van der Waals surface area (Å²) in [5.41, 5.74) is 0. The molecule has 0 aliphatic rings. The molecule has 0 saturated heterocycles. The summed E-state index contributed by atoms with van der Waals surface area (Å²) in [7, 11) is -1.67. The molecule has 5 heteroatoms. The smallest absolute Gasteiger partial charge is 0.211 e. The fraction of sp³-hybridized carbons (Fsp3) is 0.833. The highest BCUT2D eigenvalue weighted by molar-refractivity contribution is 7.88. The lowest BCUT2D eigenvalue weighted by Gasteiger charge is -2.19. The molecule has 0 aromatic carbocycles. The highest BCUT2D eigenvalue weighted by Crippen LogP contribution is 2.03. The van der Waals surface area contributed by atoms with Crippen LogP contribution in [0.4, 0.5) is 0 Å². The minimum atomic E-state index is -3.14. The van der Waals surface area contributed by atoms with Gasteiger partial charge in [0.25, 0.3) is 0 Å². The third kappa shape index (κ3) is 3.35. The Balaban J connectivity index is 4.28. The Morgan fingerprint density at radius 2 is 2.09 bits per heavy atom. The lowest BCUT2D eigenvalue weighted by atomic mass is 10.3. The summed E-state index contributed by atoms with van der Waals surface area (Å²) in [6.07, 6.45) is 1.35. The molecule has 1 atom stereocenters. The van der Waals surface area contributed by atoms with Crippen molar-refractivity contribution in [1.29, 1.82) is 5.26 Å². The molecule has 64 valence electrons. The van der Waals surface area contributed by atoms with E-state index < -0.39 is 10.0 Å². The molecule has 0 spiro atoms. The Hall–Kier alpha value is -0.600. The largest absolute Gasteiger partial charge is 0.213 e. The van der Waals surface area contributed by atoms with Gasteiger partial charge in [-0.15, -0.1) is 0 Å². The first-order valence-corrected chi connectivity index (χ1v) is 5.04. The maximum absolute atomic E-state index is 10.9. The van der Waals surface area contributed by atoms with Gasteiger partial charge in [0.1, 0.15) is 0 Å². The zero-order valence-corrected chi connectivity index (χ0v) is 7.72. The third-order valence-corrected chi connectivity index (χ3v) is 2.94. The zero-order valence-electron chi connectivity index (χ0n) is 6.90. The van der Waals surface area contributed by atoms with Crippen LogP contribution in [0.25, 0.3) is 0 Å². The second-order valence-electron chi connectivity index (χ2n) is 2.49.